The van der Waals surface area contributed by atoms with Gasteiger partial charge in [-0.2, -0.15) is 0 Å². The van der Waals surface area contributed by atoms with E-state index >= 15 is 0 Å². The Kier molecular flexibility index (Phi) is 7.97. The summed E-state index contributed by atoms with van der Waals surface area (Å²) in [7, 11) is 0. The SMILES string of the molecule is CC(C(=O)Nc1ccc(NC(=O)OC(C)(C)C)cc1OCC(=O)O)C1CCc2cc(Cl)cc3[nH]c(C(=O)O)c1c23. The average molecular weight is 572 g/mol. The first-order valence-corrected chi connectivity index (χ1v) is 13.0. The molecule has 0 radical (unpaired) electrons. The summed E-state index contributed by atoms with van der Waals surface area (Å²) in [6, 6.07) is 7.85. The summed E-state index contributed by atoms with van der Waals surface area (Å²) in [5.41, 5.74) is 1.83. The molecule has 1 aliphatic rings. The number of rotatable bonds is 8. The highest BCUT2D eigenvalue weighted by atomic mass is 35.5. The van der Waals surface area contributed by atoms with Crippen LogP contribution in [0.1, 0.15) is 61.6 Å². The summed E-state index contributed by atoms with van der Waals surface area (Å²) in [5, 5.41) is 25.6. The lowest BCUT2D eigenvalue weighted by atomic mass is 9.76. The van der Waals surface area contributed by atoms with Gasteiger partial charge >= 0.3 is 18.0 Å². The molecule has 5 N–H and O–H groups in total. The van der Waals surface area contributed by atoms with Crippen LogP contribution in [0.3, 0.4) is 0 Å². The maximum absolute atomic E-state index is 13.5. The van der Waals surface area contributed by atoms with Crippen LogP contribution in [0.4, 0.5) is 16.2 Å². The maximum Gasteiger partial charge on any atom is 0.412 e. The number of nitrogens with one attached hydrogen (secondary N) is 3. The Morgan fingerprint density at radius 1 is 1.12 bits per heavy atom. The number of aromatic amines is 1. The van der Waals surface area contributed by atoms with Gasteiger partial charge in [-0.3, -0.25) is 10.1 Å². The van der Waals surface area contributed by atoms with Crippen molar-refractivity contribution in [3.8, 4) is 5.75 Å². The third-order valence-corrected chi connectivity index (χ3v) is 6.76. The molecule has 2 atom stereocenters. The Bertz CT molecular complexity index is 1510. The van der Waals surface area contributed by atoms with Gasteiger partial charge < -0.3 is 30.0 Å². The van der Waals surface area contributed by atoms with E-state index in [-0.39, 0.29) is 22.8 Å². The highest BCUT2D eigenvalue weighted by molar-refractivity contribution is 6.31. The van der Waals surface area contributed by atoms with Crippen molar-refractivity contribution in [2.75, 3.05) is 17.2 Å². The van der Waals surface area contributed by atoms with Crippen molar-refractivity contribution in [1.29, 1.82) is 0 Å². The molecule has 1 aromatic heterocycles. The summed E-state index contributed by atoms with van der Waals surface area (Å²) in [5.74, 6) is -3.82. The zero-order valence-corrected chi connectivity index (χ0v) is 23.1. The number of benzene rings is 2. The van der Waals surface area contributed by atoms with E-state index < -0.39 is 48.0 Å². The maximum atomic E-state index is 13.5. The van der Waals surface area contributed by atoms with Crippen molar-refractivity contribution >= 4 is 57.8 Å². The van der Waals surface area contributed by atoms with Crippen LogP contribution >= 0.6 is 11.6 Å². The topological polar surface area (TPSA) is 167 Å². The van der Waals surface area contributed by atoms with E-state index in [2.05, 4.69) is 15.6 Å². The predicted molar refractivity (Wildman–Crippen MR) is 149 cm³/mol. The number of aryl methyl sites for hydroxylation is 1. The molecule has 1 heterocycles. The molecule has 4 rings (SSSR count). The first-order valence-electron chi connectivity index (χ1n) is 12.6. The number of carbonyl (C=O) groups excluding carboxylic acids is 2. The molecule has 1 aliphatic carbocycles. The molecule has 2 amide bonds. The number of aromatic nitrogens is 1. The minimum absolute atomic E-state index is 0.0194. The number of ether oxygens (including phenoxy) is 2. The van der Waals surface area contributed by atoms with E-state index in [1.54, 1.807) is 33.8 Å². The number of aromatic carboxylic acids is 1. The summed E-state index contributed by atoms with van der Waals surface area (Å²) >= 11 is 6.22. The Labute approximate surface area is 234 Å². The Hall–Kier alpha value is -4.25. The first-order chi connectivity index (χ1) is 18.7. The minimum atomic E-state index is -1.23. The normalized spacial score (nSPS) is 15.3. The van der Waals surface area contributed by atoms with Gasteiger partial charge in [0.05, 0.1) is 5.69 Å². The Morgan fingerprint density at radius 3 is 2.50 bits per heavy atom. The van der Waals surface area contributed by atoms with Gasteiger partial charge in [-0.1, -0.05) is 18.5 Å². The van der Waals surface area contributed by atoms with E-state index in [4.69, 9.17) is 26.2 Å². The summed E-state index contributed by atoms with van der Waals surface area (Å²) in [6.07, 6.45) is 0.422. The van der Waals surface area contributed by atoms with Crippen molar-refractivity contribution in [3.05, 3.63) is 52.2 Å². The number of hydrogen-bond acceptors (Lipinski definition) is 6. The smallest absolute Gasteiger partial charge is 0.412 e. The van der Waals surface area contributed by atoms with Crippen molar-refractivity contribution < 1.29 is 38.9 Å². The van der Waals surface area contributed by atoms with Crippen molar-refractivity contribution in [3.63, 3.8) is 0 Å². The van der Waals surface area contributed by atoms with Crippen LogP contribution < -0.4 is 15.4 Å². The Balaban J connectivity index is 1.60. The number of H-pyrrole nitrogens is 1. The molecule has 0 aliphatic heterocycles. The van der Waals surface area contributed by atoms with Gasteiger partial charge in [0.2, 0.25) is 5.91 Å². The lowest BCUT2D eigenvalue weighted by Gasteiger charge is -2.28. The fourth-order valence-corrected chi connectivity index (χ4v) is 5.15. The van der Waals surface area contributed by atoms with Gasteiger partial charge in [-0.25, -0.2) is 14.4 Å². The molecule has 3 aromatic rings. The molecule has 0 spiro atoms. The molecule has 212 valence electrons. The van der Waals surface area contributed by atoms with Crippen LogP contribution in [0.2, 0.25) is 5.02 Å². The van der Waals surface area contributed by atoms with Crippen LogP contribution in [-0.4, -0.2) is 51.3 Å². The first kappa shape index (κ1) is 28.8. The summed E-state index contributed by atoms with van der Waals surface area (Å²) in [6.45, 7) is 6.17. The number of anilines is 2. The molecule has 2 unspecified atom stereocenters. The lowest BCUT2D eigenvalue weighted by Crippen LogP contribution is -2.29. The van der Waals surface area contributed by atoms with Gasteiger partial charge in [0.1, 0.15) is 17.0 Å². The van der Waals surface area contributed by atoms with Crippen molar-refractivity contribution in [2.24, 2.45) is 5.92 Å². The molecular weight excluding hydrogens is 542 g/mol. The quantitative estimate of drug-likeness (QED) is 0.232. The van der Waals surface area contributed by atoms with Crippen LogP contribution in [0, 0.1) is 5.92 Å². The molecule has 2 aromatic carbocycles. The predicted octanol–water partition coefficient (Wildman–Crippen LogP) is 5.63. The van der Waals surface area contributed by atoms with E-state index in [1.165, 1.54) is 18.2 Å². The van der Waals surface area contributed by atoms with Gasteiger partial charge in [0, 0.05) is 33.6 Å². The number of amides is 2. The molecule has 0 saturated carbocycles. The fourth-order valence-electron chi connectivity index (χ4n) is 4.91. The highest BCUT2D eigenvalue weighted by Crippen LogP contribution is 2.44. The molecule has 0 fully saturated rings. The third-order valence-electron chi connectivity index (χ3n) is 6.55. The highest BCUT2D eigenvalue weighted by Gasteiger charge is 2.35. The molecule has 0 saturated heterocycles. The van der Waals surface area contributed by atoms with Crippen molar-refractivity contribution in [1.82, 2.24) is 4.98 Å². The van der Waals surface area contributed by atoms with E-state index in [9.17, 15) is 24.3 Å². The largest absolute Gasteiger partial charge is 0.480 e. The van der Waals surface area contributed by atoms with Gasteiger partial charge in [-0.15, -0.1) is 0 Å². The number of halogens is 1. The number of hydrogen-bond donors (Lipinski definition) is 5. The van der Waals surface area contributed by atoms with E-state index in [0.717, 1.165) is 10.9 Å². The van der Waals surface area contributed by atoms with Gasteiger partial charge in [0.15, 0.2) is 6.61 Å². The number of carboxylic acids is 2. The minimum Gasteiger partial charge on any atom is -0.480 e. The fraction of sp³-hybridized carbons (Fsp3) is 0.357. The number of carboxylic acid groups (broad SMARTS) is 2. The van der Waals surface area contributed by atoms with Crippen LogP contribution in [0.5, 0.6) is 5.75 Å². The summed E-state index contributed by atoms with van der Waals surface area (Å²) in [4.78, 5) is 51.8. The third kappa shape index (κ3) is 6.31. The standard InChI is InChI=1S/C28H30ClN3O8/c1-13(17-7-5-14-9-15(29)10-19-22(14)23(17)24(31-19)26(36)37)25(35)32-18-8-6-16(11-20(18)39-12-21(33)34)30-27(38)40-28(2,3)4/h6,8-11,13,17,31H,5,7,12H2,1-4H3,(H,30,38)(H,32,35)(H,33,34)(H,36,37). The zero-order chi connectivity index (χ0) is 29.4. The molecule has 40 heavy (non-hydrogen) atoms. The van der Waals surface area contributed by atoms with E-state index in [0.29, 0.717) is 28.9 Å². The van der Waals surface area contributed by atoms with Crippen molar-refractivity contribution in [2.45, 2.75) is 52.1 Å². The van der Waals surface area contributed by atoms with Gasteiger partial charge in [0.25, 0.3) is 0 Å². The zero-order valence-electron chi connectivity index (χ0n) is 22.4. The molecule has 12 heteroatoms. The summed E-state index contributed by atoms with van der Waals surface area (Å²) < 4.78 is 10.6. The lowest BCUT2D eigenvalue weighted by molar-refractivity contribution is -0.139. The molecule has 0 bridgehead atoms. The monoisotopic (exact) mass is 571 g/mol. The molecular formula is C28H30ClN3O8. The Morgan fingerprint density at radius 2 is 1.85 bits per heavy atom. The molecule has 11 nitrogen and oxygen atoms in total. The van der Waals surface area contributed by atoms with Gasteiger partial charge in [-0.05, 0) is 74.9 Å². The number of carbonyl (C=O) groups is 4. The van der Waals surface area contributed by atoms with Crippen LogP contribution in [0.25, 0.3) is 10.9 Å². The second kappa shape index (κ2) is 11.1. The average Bonchev–Trinajstić information content (AvgIpc) is 3.23. The number of aliphatic carboxylic acids is 1. The second-order valence-corrected chi connectivity index (χ2v) is 11.1. The van der Waals surface area contributed by atoms with Crippen LogP contribution in [0.15, 0.2) is 30.3 Å². The van der Waals surface area contributed by atoms with Crippen LogP contribution in [-0.2, 0) is 20.7 Å². The second-order valence-electron chi connectivity index (χ2n) is 10.6. The van der Waals surface area contributed by atoms with E-state index in [1.807, 2.05) is 6.07 Å².